The summed E-state index contributed by atoms with van der Waals surface area (Å²) < 4.78 is 45.8. The molecular weight excluding hydrogens is 347 g/mol. The van der Waals surface area contributed by atoms with Gasteiger partial charge in [-0.05, 0) is 78.4 Å². The van der Waals surface area contributed by atoms with Gasteiger partial charge in [0.2, 0.25) is 0 Å². The predicted molar refractivity (Wildman–Crippen MR) is 94.0 cm³/mol. The number of nitrogens with zero attached hydrogens (tertiary/aromatic N) is 1. The molecule has 2 aliphatic rings. The molecule has 8 heteroatoms. The van der Waals surface area contributed by atoms with Crippen LogP contribution in [0.1, 0.15) is 52.9 Å². The molecular formula is C18H32F3N3O2. The molecule has 0 saturated carbocycles. The second-order valence-electron chi connectivity index (χ2n) is 8.46. The normalized spacial score (nSPS) is 22.3. The van der Waals surface area contributed by atoms with Crippen LogP contribution in [0.5, 0.6) is 0 Å². The fraction of sp³-hybridized carbons (Fsp3) is 0.944. The first-order chi connectivity index (χ1) is 12.0. The molecule has 2 fully saturated rings. The SMILES string of the molecule is CC(C)(C)OC(=O)N1CCC(CCNC2(C(F)(F)F)CCNCC2)CC1. The highest BCUT2D eigenvalue weighted by molar-refractivity contribution is 5.68. The minimum atomic E-state index is -4.23. The van der Waals surface area contributed by atoms with Crippen molar-refractivity contribution in [2.75, 3.05) is 32.7 Å². The average Bonchev–Trinajstić information content (AvgIpc) is 2.54. The highest BCUT2D eigenvalue weighted by Gasteiger charge is 2.54. The van der Waals surface area contributed by atoms with Gasteiger partial charge in [0.25, 0.3) is 0 Å². The Kier molecular flexibility index (Phi) is 6.82. The van der Waals surface area contributed by atoms with Crippen molar-refractivity contribution in [2.24, 2.45) is 5.92 Å². The number of likely N-dealkylation sites (tertiary alicyclic amines) is 1. The monoisotopic (exact) mass is 379 g/mol. The van der Waals surface area contributed by atoms with Gasteiger partial charge >= 0.3 is 12.3 Å². The summed E-state index contributed by atoms with van der Waals surface area (Å²) in [7, 11) is 0. The van der Waals surface area contributed by atoms with E-state index in [9.17, 15) is 18.0 Å². The van der Waals surface area contributed by atoms with E-state index in [1.807, 2.05) is 20.8 Å². The van der Waals surface area contributed by atoms with E-state index in [2.05, 4.69) is 10.6 Å². The maximum absolute atomic E-state index is 13.5. The average molecular weight is 379 g/mol. The van der Waals surface area contributed by atoms with Gasteiger partial charge in [-0.1, -0.05) is 0 Å². The van der Waals surface area contributed by atoms with Crippen LogP contribution in [0.2, 0.25) is 0 Å². The van der Waals surface area contributed by atoms with Crippen molar-refractivity contribution in [1.29, 1.82) is 0 Å². The lowest BCUT2D eigenvalue weighted by atomic mass is 9.86. The number of halogens is 3. The van der Waals surface area contributed by atoms with Gasteiger partial charge in [0.1, 0.15) is 11.1 Å². The molecule has 2 heterocycles. The third-order valence-corrected chi connectivity index (χ3v) is 5.28. The van der Waals surface area contributed by atoms with E-state index in [4.69, 9.17) is 4.74 Å². The molecule has 0 spiro atoms. The van der Waals surface area contributed by atoms with Crippen molar-refractivity contribution in [3.8, 4) is 0 Å². The zero-order valence-electron chi connectivity index (χ0n) is 16.0. The lowest BCUT2D eigenvalue weighted by Crippen LogP contribution is -2.61. The summed E-state index contributed by atoms with van der Waals surface area (Å²) in [4.78, 5) is 13.7. The number of hydrogen-bond acceptors (Lipinski definition) is 4. The van der Waals surface area contributed by atoms with Crippen LogP contribution in [-0.4, -0.2) is 61.0 Å². The Hall–Kier alpha value is -1.02. The molecule has 0 aromatic rings. The van der Waals surface area contributed by atoms with Crippen LogP contribution in [0, 0.1) is 5.92 Å². The molecule has 2 rings (SSSR count). The molecule has 0 aromatic carbocycles. The smallest absolute Gasteiger partial charge is 0.410 e. The van der Waals surface area contributed by atoms with E-state index in [1.54, 1.807) is 4.90 Å². The Bertz CT molecular complexity index is 463. The van der Waals surface area contributed by atoms with Crippen LogP contribution in [0.4, 0.5) is 18.0 Å². The molecule has 5 nitrogen and oxygen atoms in total. The molecule has 0 aromatic heterocycles. The maximum Gasteiger partial charge on any atom is 0.410 e. The molecule has 2 aliphatic heterocycles. The molecule has 0 unspecified atom stereocenters. The highest BCUT2D eigenvalue weighted by Crippen LogP contribution is 2.37. The number of piperidine rings is 2. The lowest BCUT2D eigenvalue weighted by molar-refractivity contribution is -0.204. The second kappa shape index (κ2) is 8.33. The Morgan fingerprint density at radius 2 is 1.77 bits per heavy atom. The van der Waals surface area contributed by atoms with Gasteiger partial charge in [-0.15, -0.1) is 0 Å². The van der Waals surface area contributed by atoms with Crippen LogP contribution in [-0.2, 0) is 4.74 Å². The first-order valence-corrected chi connectivity index (χ1v) is 9.53. The number of carbonyl (C=O) groups is 1. The minimum Gasteiger partial charge on any atom is -0.444 e. The summed E-state index contributed by atoms with van der Waals surface area (Å²) >= 11 is 0. The van der Waals surface area contributed by atoms with E-state index < -0.39 is 17.3 Å². The maximum atomic E-state index is 13.5. The van der Waals surface area contributed by atoms with Crippen molar-refractivity contribution < 1.29 is 22.7 Å². The quantitative estimate of drug-likeness (QED) is 0.787. The van der Waals surface area contributed by atoms with Gasteiger partial charge < -0.3 is 20.3 Å². The zero-order valence-corrected chi connectivity index (χ0v) is 16.0. The van der Waals surface area contributed by atoms with E-state index in [0.717, 1.165) is 12.8 Å². The number of ether oxygens (including phenoxy) is 1. The molecule has 0 radical (unpaired) electrons. The van der Waals surface area contributed by atoms with Crippen molar-refractivity contribution in [3.63, 3.8) is 0 Å². The Morgan fingerprint density at radius 1 is 1.19 bits per heavy atom. The molecule has 0 atom stereocenters. The number of rotatable bonds is 4. The third-order valence-electron chi connectivity index (χ3n) is 5.28. The largest absolute Gasteiger partial charge is 0.444 e. The van der Waals surface area contributed by atoms with E-state index in [0.29, 0.717) is 45.1 Å². The first kappa shape index (κ1) is 21.3. The fourth-order valence-electron chi connectivity index (χ4n) is 3.66. The van der Waals surface area contributed by atoms with Gasteiger partial charge in [-0.3, -0.25) is 0 Å². The van der Waals surface area contributed by atoms with Crippen molar-refractivity contribution in [2.45, 2.75) is 70.2 Å². The molecule has 0 aliphatic carbocycles. The van der Waals surface area contributed by atoms with Gasteiger partial charge in [0.15, 0.2) is 0 Å². The summed E-state index contributed by atoms with van der Waals surface area (Å²) in [6.07, 6.45) is -2.06. The molecule has 26 heavy (non-hydrogen) atoms. The topological polar surface area (TPSA) is 53.6 Å². The van der Waals surface area contributed by atoms with Gasteiger partial charge in [0, 0.05) is 13.1 Å². The second-order valence-corrected chi connectivity index (χ2v) is 8.46. The van der Waals surface area contributed by atoms with E-state index >= 15 is 0 Å². The fourth-order valence-corrected chi connectivity index (χ4v) is 3.66. The Morgan fingerprint density at radius 3 is 2.27 bits per heavy atom. The van der Waals surface area contributed by atoms with E-state index in [-0.39, 0.29) is 18.9 Å². The number of nitrogens with one attached hydrogen (secondary N) is 2. The number of carbonyl (C=O) groups excluding carboxylic acids is 1. The summed E-state index contributed by atoms with van der Waals surface area (Å²) in [6.45, 7) is 7.85. The van der Waals surface area contributed by atoms with Crippen molar-refractivity contribution in [1.82, 2.24) is 15.5 Å². The van der Waals surface area contributed by atoms with Crippen LogP contribution in [0.3, 0.4) is 0 Å². The van der Waals surface area contributed by atoms with Crippen LogP contribution in [0.25, 0.3) is 0 Å². The first-order valence-electron chi connectivity index (χ1n) is 9.53. The van der Waals surface area contributed by atoms with Crippen LogP contribution in [0.15, 0.2) is 0 Å². The number of amides is 1. The van der Waals surface area contributed by atoms with Crippen LogP contribution < -0.4 is 10.6 Å². The van der Waals surface area contributed by atoms with Gasteiger partial charge in [-0.25, -0.2) is 4.79 Å². The summed E-state index contributed by atoms with van der Waals surface area (Å²) in [6, 6.07) is 0. The molecule has 152 valence electrons. The molecule has 2 saturated heterocycles. The summed E-state index contributed by atoms with van der Waals surface area (Å²) in [5.41, 5.74) is -2.27. The minimum absolute atomic E-state index is 0.0770. The molecule has 0 bridgehead atoms. The van der Waals surface area contributed by atoms with Gasteiger partial charge in [-0.2, -0.15) is 13.2 Å². The number of hydrogen-bond donors (Lipinski definition) is 2. The standard InChI is InChI=1S/C18H32F3N3O2/c1-16(2,3)26-15(25)24-12-5-14(6-13-24)4-9-23-17(18(19,20)21)7-10-22-11-8-17/h14,22-23H,4-13H2,1-3H3. The summed E-state index contributed by atoms with van der Waals surface area (Å²) in [5.74, 6) is 0.341. The predicted octanol–water partition coefficient (Wildman–Crippen LogP) is 3.30. The van der Waals surface area contributed by atoms with Gasteiger partial charge in [0.05, 0.1) is 0 Å². The lowest BCUT2D eigenvalue weighted by Gasteiger charge is -2.40. The zero-order chi connectivity index (χ0) is 19.4. The van der Waals surface area contributed by atoms with Crippen molar-refractivity contribution >= 4 is 6.09 Å². The third kappa shape index (κ3) is 5.74. The number of alkyl halides is 3. The molecule has 1 amide bonds. The molecule has 2 N–H and O–H groups in total. The highest BCUT2D eigenvalue weighted by atomic mass is 19.4. The Labute approximate surface area is 154 Å². The Balaban J connectivity index is 1.75. The summed E-state index contributed by atoms with van der Waals surface area (Å²) in [5, 5.41) is 5.81. The van der Waals surface area contributed by atoms with E-state index in [1.165, 1.54) is 0 Å². The van der Waals surface area contributed by atoms with Crippen molar-refractivity contribution in [3.05, 3.63) is 0 Å². The van der Waals surface area contributed by atoms with Crippen LogP contribution >= 0.6 is 0 Å².